The molecule has 23 heavy (non-hydrogen) atoms. The Balaban J connectivity index is 1.97. The van der Waals surface area contributed by atoms with Crippen LogP contribution in [0.1, 0.15) is 51.7 Å². The van der Waals surface area contributed by atoms with E-state index in [0.29, 0.717) is 6.54 Å². The molecule has 1 N–H and O–H groups in total. The highest BCUT2D eigenvalue weighted by atomic mass is 16.4. The second-order valence-electron chi connectivity index (χ2n) is 5.76. The van der Waals surface area contributed by atoms with Crippen LogP contribution in [0.25, 0.3) is 0 Å². The summed E-state index contributed by atoms with van der Waals surface area (Å²) < 4.78 is 1.35. The number of likely N-dealkylation sites (tertiary alicyclic amines) is 1. The quantitative estimate of drug-likeness (QED) is 0.944. The van der Waals surface area contributed by atoms with Crippen LogP contribution in [0.2, 0.25) is 0 Å². The molecule has 1 saturated heterocycles. The molecule has 0 saturated carbocycles. The van der Waals surface area contributed by atoms with E-state index in [-0.39, 0.29) is 23.2 Å². The first kappa shape index (κ1) is 15.3. The van der Waals surface area contributed by atoms with Gasteiger partial charge in [0.05, 0.1) is 12.2 Å². The topological polar surface area (TPSA) is 75.4 Å². The first-order valence-electron chi connectivity index (χ1n) is 7.71. The number of hydrogen-bond acceptors (Lipinski definition) is 3. The summed E-state index contributed by atoms with van der Waals surface area (Å²) in [5.41, 5.74) is 1.18. The lowest BCUT2D eigenvalue weighted by atomic mass is 9.94. The van der Waals surface area contributed by atoms with Crippen molar-refractivity contribution in [2.45, 2.75) is 25.3 Å². The van der Waals surface area contributed by atoms with Gasteiger partial charge in [0.2, 0.25) is 0 Å². The van der Waals surface area contributed by atoms with E-state index in [0.717, 1.165) is 24.8 Å². The van der Waals surface area contributed by atoms with Crippen LogP contribution >= 0.6 is 0 Å². The summed E-state index contributed by atoms with van der Waals surface area (Å²) in [5.74, 6) is -1.40. The molecule has 0 radical (unpaired) electrons. The van der Waals surface area contributed by atoms with Crippen LogP contribution in [0.15, 0.2) is 36.5 Å². The second-order valence-corrected chi connectivity index (χ2v) is 5.76. The number of nitrogens with zero attached hydrogens (tertiary/aromatic N) is 3. The molecule has 1 fully saturated rings. The number of carbonyl (C=O) groups is 2. The molecule has 1 amide bonds. The Kier molecular flexibility index (Phi) is 4.14. The van der Waals surface area contributed by atoms with Crippen molar-refractivity contribution in [1.82, 2.24) is 14.7 Å². The third-order valence-electron chi connectivity index (χ3n) is 4.32. The van der Waals surface area contributed by atoms with Crippen LogP contribution in [-0.4, -0.2) is 38.2 Å². The third kappa shape index (κ3) is 2.84. The SMILES string of the molecule is Cn1ncc(C(=O)O)c1C(=O)N1CCCCC1c1ccccc1. The van der Waals surface area contributed by atoms with Crippen LogP contribution in [0.4, 0.5) is 0 Å². The predicted octanol–water partition coefficient (Wildman–Crippen LogP) is 2.49. The van der Waals surface area contributed by atoms with Crippen LogP contribution < -0.4 is 0 Å². The zero-order valence-corrected chi connectivity index (χ0v) is 13.0. The maximum atomic E-state index is 13.0. The number of rotatable bonds is 3. The van der Waals surface area contributed by atoms with Crippen molar-refractivity contribution >= 4 is 11.9 Å². The minimum absolute atomic E-state index is 0.0194. The Labute approximate surface area is 134 Å². The largest absolute Gasteiger partial charge is 0.478 e. The van der Waals surface area contributed by atoms with E-state index in [1.165, 1.54) is 10.9 Å². The van der Waals surface area contributed by atoms with E-state index < -0.39 is 5.97 Å². The summed E-state index contributed by atoms with van der Waals surface area (Å²) in [5, 5.41) is 13.2. The van der Waals surface area contributed by atoms with Crippen molar-refractivity contribution in [2.75, 3.05) is 6.54 Å². The smallest absolute Gasteiger partial charge is 0.339 e. The molecule has 0 bridgehead atoms. The van der Waals surface area contributed by atoms with Gasteiger partial charge in [-0.3, -0.25) is 9.48 Å². The number of piperidine rings is 1. The molecule has 0 aliphatic carbocycles. The zero-order valence-electron chi connectivity index (χ0n) is 13.0. The normalized spacial score (nSPS) is 18.0. The molecule has 1 atom stereocenters. The summed E-state index contributed by atoms with van der Waals surface area (Å²) in [6, 6.07) is 9.87. The molecule has 1 aromatic carbocycles. The molecule has 0 spiro atoms. The molecule has 2 aromatic rings. The minimum atomic E-state index is -1.13. The van der Waals surface area contributed by atoms with Crippen molar-refractivity contribution in [2.24, 2.45) is 7.05 Å². The highest BCUT2D eigenvalue weighted by Crippen LogP contribution is 2.32. The molecule has 1 aromatic heterocycles. The van der Waals surface area contributed by atoms with E-state index >= 15 is 0 Å². The van der Waals surface area contributed by atoms with Gasteiger partial charge in [-0.05, 0) is 24.8 Å². The van der Waals surface area contributed by atoms with Gasteiger partial charge in [0.15, 0.2) is 0 Å². The van der Waals surface area contributed by atoms with Crippen LogP contribution in [0, 0.1) is 0 Å². The molecule has 1 unspecified atom stereocenters. The Morgan fingerprint density at radius 3 is 2.65 bits per heavy atom. The molecule has 6 heteroatoms. The fourth-order valence-electron chi connectivity index (χ4n) is 3.18. The summed E-state index contributed by atoms with van der Waals surface area (Å²) in [4.78, 5) is 26.1. The molecule has 6 nitrogen and oxygen atoms in total. The van der Waals surface area contributed by atoms with Gasteiger partial charge in [-0.15, -0.1) is 0 Å². The molecule has 120 valence electrons. The van der Waals surface area contributed by atoms with Gasteiger partial charge in [0.25, 0.3) is 5.91 Å². The predicted molar refractivity (Wildman–Crippen MR) is 84.2 cm³/mol. The maximum Gasteiger partial charge on any atom is 0.339 e. The number of hydrogen-bond donors (Lipinski definition) is 1. The van der Waals surface area contributed by atoms with Gasteiger partial charge >= 0.3 is 5.97 Å². The van der Waals surface area contributed by atoms with Gasteiger partial charge in [0.1, 0.15) is 11.3 Å². The maximum absolute atomic E-state index is 13.0. The number of carboxylic acids is 1. The minimum Gasteiger partial charge on any atom is -0.478 e. The van der Waals surface area contributed by atoms with Gasteiger partial charge < -0.3 is 10.0 Å². The number of aromatic nitrogens is 2. The summed E-state index contributed by atoms with van der Waals surface area (Å²) >= 11 is 0. The van der Waals surface area contributed by atoms with Crippen molar-refractivity contribution in [3.8, 4) is 0 Å². The van der Waals surface area contributed by atoms with Crippen LogP contribution in [-0.2, 0) is 7.05 Å². The molecule has 3 rings (SSSR count). The van der Waals surface area contributed by atoms with Gasteiger partial charge in [0, 0.05) is 13.6 Å². The first-order chi connectivity index (χ1) is 11.1. The lowest BCUT2D eigenvalue weighted by Gasteiger charge is -2.36. The van der Waals surface area contributed by atoms with Gasteiger partial charge in [-0.2, -0.15) is 5.10 Å². The van der Waals surface area contributed by atoms with E-state index in [1.54, 1.807) is 11.9 Å². The number of carboxylic acid groups (broad SMARTS) is 1. The van der Waals surface area contributed by atoms with Gasteiger partial charge in [-0.1, -0.05) is 30.3 Å². The number of aromatic carboxylic acids is 1. The third-order valence-corrected chi connectivity index (χ3v) is 4.32. The Hall–Kier alpha value is -2.63. The average molecular weight is 313 g/mol. The van der Waals surface area contributed by atoms with E-state index in [9.17, 15) is 14.7 Å². The van der Waals surface area contributed by atoms with Crippen LogP contribution in [0.5, 0.6) is 0 Å². The molecular weight excluding hydrogens is 294 g/mol. The van der Waals surface area contributed by atoms with E-state index in [4.69, 9.17) is 0 Å². The van der Waals surface area contributed by atoms with Gasteiger partial charge in [-0.25, -0.2) is 4.79 Å². The number of aryl methyl sites for hydroxylation is 1. The first-order valence-corrected chi connectivity index (χ1v) is 7.71. The van der Waals surface area contributed by atoms with Crippen molar-refractivity contribution in [3.05, 3.63) is 53.3 Å². The van der Waals surface area contributed by atoms with Crippen LogP contribution in [0.3, 0.4) is 0 Å². The summed E-state index contributed by atoms with van der Waals surface area (Å²) in [6.07, 6.45) is 4.10. The molecule has 2 heterocycles. The van der Waals surface area contributed by atoms with E-state index in [2.05, 4.69) is 5.10 Å². The standard InChI is InChI=1S/C17H19N3O3/c1-19-15(13(11-18-19)17(22)23)16(21)20-10-6-5-9-14(20)12-7-3-2-4-8-12/h2-4,7-8,11,14H,5-6,9-10H2,1H3,(H,22,23). The fourth-order valence-corrected chi connectivity index (χ4v) is 3.18. The zero-order chi connectivity index (χ0) is 16.4. The van der Waals surface area contributed by atoms with Crippen molar-refractivity contribution in [3.63, 3.8) is 0 Å². The summed E-state index contributed by atoms with van der Waals surface area (Å²) in [7, 11) is 1.60. The Morgan fingerprint density at radius 2 is 1.96 bits per heavy atom. The summed E-state index contributed by atoms with van der Waals surface area (Å²) in [6.45, 7) is 0.628. The molecule has 1 aliphatic rings. The van der Waals surface area contributed by atoms with Crippen molar-refractivity contribution in [1.29, 1.82) is 0 Å². The average Bonchev–Trinajstić information content (AvgIpc) is 2.97. The molecule has 1 aliphatic heterocycles. The number of carbonyl (C=O) groups excluding carboxylic acids is 1. The number of amides is 1. The Morgan fingerprint density at radius 1 is 1.22 bits per heavy atom. The lowest BCUT2D eigenvalue weighted by molar-refractivity contribution is 0.0583. The Bertz CT molecular complexity index is 724. The number of benzene rings is 1. The highest BCUT2D eigenvalue weighted by Gasteiger charge is 2.32. The highest BCUT2D eigenvalue weighted by molar-refractivity contribution is 6.03. The molecular formula is C17H19N3O3. The van der Waals surface area contributed by atoms with Crippen molar-refractivity contribution < 1.29 is 14.7 Å². The monoisotopic (exact) mass is 313 g/mol. The lowest BCUT2D eigenvalue weighted by Crippen LogP contribution is -2.40. The fraction of sp³-hybridized carbons (Fsp3) is 0.353. The van der Waals surface area contributed by atoms with E-state index in [1.807, 2.05) is 30.3 Å². The second kappa shape index (κ2) is 6.24.